The SMILES string of the molecule is Cc1cc(/C(O)=C(\C#N)C(=O)N(C)CC#CCC(=O)N(C)C)cc(C#N)c1O. The molecule has 0 spiro atoms. The number of amides is 2. The van der Waals surface area contributed by atoms with Crippen LogP contribution in [0, 0.1) is 41.4 Å². The molecule has 0 aliphatic heterocycles. The van der Waals surface area contributed by atoms with Crippen LogP contribution in [0.5, 0.6) is 5.75 Å². The molecule has 1 aromatic carbocycles. The van der Waals surface area contributed by atoms with Crippen LogP contribution in [-0.2, 0) is 9.59 Å². The number of aliphatic hydroxyl groups is 1. The molecule has 0 atom stereocenters. The highest BCUT2D eigenvalue weighted by molar-refractivity contribution is 6.03. The maximum absolute atomic E-state index is 12.5. The zero-order chi connectivity index (χ0) is 21.4. The quantitative estimate of drug-likeness (QED) is 0.351. The van der Waals surface area contributed by atoms with Gasteiger partial charge in [-0.2, -0.15) is 10.5 Å². The summed E-state index contributed by atoms with van der Waals surface area (Å²) in [7, 11) is 4.61. The highest BCUT2D eigenvalue weighted by Crippen LogP contribution is 2.27. The third-order valence-electron chi connectivity index (χ3n) is 3.78. The summed E-state index contributed by atoms with van der Waals surface area (Å²) < 4.78 is 0. The molecule has 1 aromatic rings. The second-order valence-corrected chi connectivity index (χ2v) is 6.12. The van der Waals surface area contributed by atoms with E-state index in [1.165, 1.54) is 31.0 Å². The van der Waals surface area contributed by atoms with Crippen LogP contribution >= 0.6 is 0 Å². The van der Waals surface area contributed by atoms with E-state index in [4.69, 9.17) is 5.26 Å². The minimum atomic E-state index is -0.766. The summed E-state index contributed by atoms with van der Waals surface area (Å²) >= 11 is 0. The van der Waals surface area contributed by atoms with Gasteiger partial charge in [0.2, 0.25) is 5.91 Å². The average Bonchev–Trinajstić information content (AvgIpc) is 2.66. The lowest BCUT2D eigenvalue weighted by Crippen LogP contribution is -2.28. The number of carbonyl (C=O) groups is 2. The number of aromatic hydroxyl groups is 1. The number of hydrogen-bond acceptors (Lipinski definition) is 6. The van der Waals surface area contributed by atoms with Gasteiger partial charge in [-0.1, -0.05) is 11.8 Å². The van der Waals surface area contributed by atoms with Crippen LogP contribution in [0.4, 0.5) is 0 Å². The number of aryl methyl sites for hydroxylation is 1. The Labute approximate surface area is 163 Å². The number of nitrogens with zero attached hydrogens (tertiary/aromatic N) is 4. The molecule has 8 heteroatoms. The van der Waals surface area contributed by atoms with Gasteiger partial charge in [0.15, 0.2) is 5.57 Å². The van der Waals surface area contributed by atoms with Crippen LogP contribution in [0.25, 0.3) is 5.76 Å². The molecule has 0 radical (unpaired) electrons. The van der Waals surface area contributed by atoms with E-state index in [-0.39, 0.29) is 35.7 Å². The summed E-state index contributed by atoms with van der Waals surface area (Å²) in [6.45, 7) is 1.48. The minimum Gasteiger partial charge on any atom is -0.506 e. The first-order valence-electron chi connectivity index (χ1n) is 8.12. The van der Waals surface area contributed by atoms with Crippen molar-refractivity contribution in [1.29, 1.82) is 10.5 Å². The van der Waals surface area contributed by atoms with Gasteiger partial charge in [0, 0.05) is 26.7 Å². The summed E-state index contributed by atoms with van der Waals surface area (Å²) in [5.74, 6) is 3.53. The molecule has 8 nitrogen and oxygen atoms in total. The molecule has 0 saturated carbocycles. The van der Waals surface area contributed by atoms with Crippen molar-refractivity contribution < 1.29 is 19.8 Å². The fourth-order valence-electron chi connectivity index (χ4n) is 2.08. The van der Waals surface area contributed by atoms with Crippen LogP contribution < -0.4 is 0 Å². The molecule has 0 saturated heterocycles. The van der Waals surface area contributed by atoms with Crippen LogP contribution in [0.2, 0.25) is 0 Å². The van der Waals surface area contributed by atoms with Gasteiger partial charge in [-0.3, -0.25) is 9.59 Å². The molecule has 144 valence electrons. The van der Waals surface area contributed by atoms with E-state index in [9.17, 15) is 25.1 Å². The lowest BCUT2D eigenvalue weighted by Gasteiger charge is -2.14. The Hall–Kier alpha value is -3.96. The molecule has 0 bridgehead atoms. The third kappa shape index (κ3) is 5.27. The molecule has 2 amide bonds. The fraction of sp³-hybridized carbons (Fsp3) is 0.300. The molecule has 2 N–H and O–H groups in total. The predicted octanol–water partition coefficient (Wildman–Crippen LogP) is 1.31. The van der Waals surface area contributed by atoms with Gasteiger partial charge < -0.3 is 20.0 Å². The Kier molecular flexibility index (Phi) is 7.62. The third-order valence-corrected chi connectivity index (χ3v) is 3.78. The van der Waals surface area contributed by atoms with Crippen LogP contribution in [0.1, 0.15) is 23.1 Å². The van der Waals surface area contributed by atoms with E-state index < -0.39 is 17.2 Å². The fourth-order valence-corrected chi connectivity index (χ4v) is 2.08. The summed E-state index contributed by atoms with van der Waals surface area (Å²) in [4.78, 5) is 26.4. The van der Waals surface area contributed by atoms with Gasteiger partial charge >= 0.3 is 0 Å². The van der Waals surface area contributed by atoms with E-state index in [0.717, 1.165) is 4.90 Å². The predicted molar refractivity (Wildman–Crippen MR) is 101 cm³/mol. The lowest BCUT2D eigenvalue weighted by molar-refractivity contribution is -0.127. The Balaban J connectivity index is 3.09. The number of rotatable bonds is 4. The molecular formula is C20H20N4O4. The van der Waals surface area contributed by atoms with Gasteiger partial charge in [0.25, 0.3) is 5.91 Å². The zero-order valence-electron chi connectivity index (χ0n) is 16.1. The number of carbonyl (C=O) groups excluding carboxylic acids is 2. The van der Waals surface area contributed by atoms with Crippen LogP contribution in [-0.4, -0.2) is 59.5 Å². The van der Waals surface area contributed by atoms with Crippen molar-refractivity contribution in [3.05, 3.63) is 34.4 Å². The molecule has 0 fully saturated rings. The number of hydrogen-bond donors (Lipinski definition) is 2. The van der Waals surface area contributed by atoms with Crippen molar-refractivity contribution in [3.8, 4) is 29.7 Å². The van der Waals surface area contributed by atoms with Gasteiger partial charge in [0.05, 0.1) is 18.5 Å². The maximum atomic E-state index is 12.5. The number of phenolic OH excluding ortho intramolecular Hbond substituents is 1. The smallest absolute Gasteiger partial charge is 0.268 e. The molecule has 0 aliphatic rings. The summed E-state index contributed by atoms with van der Waals surface area (Å²) in [6, 6.07) is 5.99. The first-order valence-corrected chi connectivity index (χ1v) is 8.12. The van der Waals surface area contributed by atoms with Gasteiger partial charge in [-0.05, 0) is 24.6 Å². The molecule has 0 unspecified atom stereocenters. The summed E-state index contributed by atoms with van der Waals surface area (Å²) in [5, 5.41) is 38.5. The molecule has 28 heavy (non-hydrogen) atoms. The van der Waals surface area contributed by atoms with Gasteiger partial charge in [-0.15, -0.1) is 0 Å². The van der Waals surface area contributed by atoms with Crippen LogP contribution in [0.15, 0.2) is 17.7 Å². The number of likely N-dealkylation sites (N-methyl/N-ethyl adjacent to an activating group) is 1. The average molecular weight is 380 g/mol. The summed E-state index contributed by atoms with van der Waals surface area (Å²) in [6.07, 6.45) is 0.00491. The summed E-state index contributed by atoms with van der Waals surface area (Å²) in [5.41, 5.74) is -0.235. The van der Waals surface area contributed by atoms with Crippen molar-refractivity contribution in [2.24, 2.45) is 0 Å². The highest BCUT2D eigenvalue weighted by Gasteiger charge is 2.21. The molecule has 0 heterocycles. The Morgan fingerprint density at radius 1 is 1.14 bits per heavy atom. The first-order chi connectivity index (χ1) is 13.1. The second-order valence-electron chi connectivity index (χ2n) is 6.12. The lowest BCUT2D eigenvalue weighted by atomic mass is 10.0. The van der Waals surface area contributed by atoms with Crippen molar-refractivity contribution in [1.82, 2.24) is 9.80 Å². The largest absolute Gasteiger partial charge is 0.506 e. The maximum Gasteiger partial charge on any atom is 0.268 e. The second kappa shape index (κ2) is 9.66. The van der Waals surface area contributed by atoms with E-state index in [1.807, 2.05) is 0 Å². The van der Waals surface area contributed by atoms with Crippen molar-refractivity contribution in [2.75, 3.05) is 27.7 Å². The Morgan fingerprint density at radius 2 is 1.79 bits per heavy atom. The minimum absolute atomic E-state index is 0.00491. The van der Waals surface area contributed by atoms with Crippen molar-refractivity contribution in [3.63, 3.8) is 0 Å². The molecule has 1 rings (SSSR count). The van der Waals surface area contributed by atoms with Gasteiger partial charge in [0.1, 0.15) is 23.6 Å². The number of aliphatic hydroxyl groups excluding tert-OH is 1. The number of nitriles is 2. The monoisotopic (exact) mass is 380 g/mol. The number of benzene rings is 1. The standard InChI is InChI=1S/C20H20N4O4/c1-13-9-14(10-15(11-21)18(13)26)19(27)16(12-22)20(28)24(4)8-6-5-7-17(25)23(2)3/h9-10,26-27H,7-8H2,1-4H3/b19-16-. The Morgan fingerprint density at radius 3 is 2.32 bits per heavy atom. The van der Waals surface area contributed by atoms with Crippen LogP contribution in [0.3, 0.4) is 0 Å². The molecule has 0 aliphatic carbocycles. The van der Waals surface area contributed by atoms with E-state index in [0.29, 0.717) is 5.56 Å². The first kappa shape index (κ1) is 22.1. The molecule has 0 aromatic heterocycles. The normalized spacial score (nSPS) is 10.5. The van der Waals surface area contributed by atoms with Gasteiger partial charge in [-0.25, -0.2) is 0 Å². The zero-order valence-corrected chi connectivity index (χ0v) is 16.1. The van der Waals surface area contributed by atoms with Crippen molar-refractivity contribution in [2.45, 2.75) is 13.3 Å². The Bertz CT molecular complexity index is 969. The van der Waals surface area contributed by atoms with E-state index >= 15 is 0 Å². The van der Waals surface area contributed by atoms with E-state index in [2.05, 4.69) is 11.8 Å². The highest BCUT2D eigenvalue weighted by atomic mass is 16.3. The van der Waals surface area contributed by atoms with E-state index in [1.54, 1.807) is 26.2 Å². The topological polar surface area (TPSA) is 129 Å². The number of phenols is 1. The van der Waals surface area contributed by atoms with Crippen molar-refractivity contribution >= 4 is 17.6 Å². The molecular weight excluding hydrogens is 360 g/mol.